The quantitative estimate of drug-likeness (QED) is 0.782. The van der Waals surface area contributed by atoms with Crippen LogP contribution in [0.4, 0.5) is 17.6 Å². The zero-order chi connectivity index (χ0) is 17.9. The average molecular weight is 382 g/mol. The molecule has 0 saturated carbocycles. The molecule has 2 rings (SSSR count). The summed E-state index contributed by atoms with van der Waals surface area (Å²) >= 11 is 0. The Bertz CT molecular complexity index is 737. The maximum Gasteiger partial charge on any atom is 0.417 e. The van der Waals surface area contributed by atoms with Gasteiger partial charge in [-0.25, -0.2) is 14.2 Å². The number of alkyl halides is 3. The summed E-state index contributed by atoms with van der Waals surface area (Å²) in [6.07, 6.45) is -5.30. The summed E-state index contributed by atoms with van der Waals surface area (Å²) in [5, 5.41) is 8.72. The van der Waals surface area contributed by atoms with E-state index in [2.05, 4.69) is 4.98 Å². The van der Waals surface area contributed by atoms with Gasteiger partial charge in [-0.1, -0.05) is 0 Å². The number of hydrogen-bond donors (Lipinski definition) is 1. The fourth-order valence-electron chi connectivity index (χ4n) is 1.61. The first-order valence-electron chi connectivity index (χ1n) is 6.57. The number of ether oxygens (including phenoxy) is 2. The van der Waals surface area contributed by atoms with Crippen LogP contribution in [0.2, 0.25) is 0 Å². The minimum atomic E-state index is -4.70. The summed E-state index contributed by atoms with van der Waals surface area (Å²) in [5.41, 5.74) is -1.22. The zero-order valence-electron chi connectivity index (χ0n) is 12.6. The van der Waals surface area contributed by atoms with Gasteiger partial charge in [0, 0.05) is 6.20 Å². The van der Waals surface area contributed by atoms with E-state index < -0.39 is 35.5 Å². The minimum absolute atomic E-state index is 0. The highest BCUT2D eigenvalue weighted by molar-refractivity contribution is 5.85. The topological polar surface area (TPSA) is 68.7 Å². The van der Waals surface area contributed by atoms with E-state index in [1.807, 2.05) is 0 Å². The van der Waals surface area contributed by atoms with Crippen LogP contribution < -0.4 is 9.47 Å². The number of carboxylic acid groups (broad SMARTS) is 1. The summed E-state index contributed by atoms with van der Waals surface area (Å²) in [6, 6.07) is 5.70. The van der Waals surface area contributed by atoms with Crippen LogP contribution in [0.25, 0.3) is 0 Å². The second-order valence-electron chi connectivity index (χ2n) is 4.68. The number of halogens is 5. The van der Waals surface area contributed by atoms with Crippen molar-refractivity contribution < 1.29 is 36.9 Å². The predicted octanol–water partition coefficient (Wildman–Crippen LogP) is 4.31. The first-order valence-corrected chi connectivity index (χ1v) is 6.57. The molecule has 1 N–H and O–H groups in total. The highest BCUT2D eigenvalue weighted by atomic mass is 35.5. The largest absolute Gasteiger partial charge is 0.479 e. The number of benzene rings is 1. The predicted molar refractivity (Wildman–Crippen MR) is 80.7 cm³/mol. The van der Waals surface area contributed by atoms with Gasteiger partial charge < -0.3 is 14.6 Å². The monoisotopic (exact) mass is 381 g/mol. The van der Waals surface area contributed by atoms with Crippen molar-refractivity contribution in [3.8, 4) is 17.4 Å². The zero-order valence-corrected chi connectivity index (χ0v) is 13.4. The molecule has 0 aliphatic carbocycles. The first kappa shape index (κ1) is 20.5. The molecular formula is C15H12ClF4NO4. The third-order valence-electron chi connectivity index (χ3n) is 2.83. The fraction of sp³-hybridized carbons (Fsp3) is 0.200. The van der Waals surface area contributed by atoms with E-state index in [1.165, 1.54) is 31.2 Å². The maximum absolute atomic E-state index is 13.6. The van der Waals surface area contributed by atoms with Gasteiger partial charge in [-0.2, -0.15) is 13.2 Å². The van der Waals surface area contributed by atoms with Gasteiger partial charge in [0.25, 0.3) is 5.88 Å². The standard InChI is InChI=1S/C15H11F4NO4.ClH/c1-8(14(21)22)23-10-2-4-11(5-3-10)24-13-12(16)6-9(7-20-13)15(17,18)19;/h2-8H,1H3,(H,21,22);1H/t8-;/m1./s1. The van der Waals surface area contributed by atoms with Crippen molar-refractivity contribution in [3.05, 3.63) is 47.9 Å². The number of carboxylic acids is 1. The molecule has 5 nitrogen and oxygen atoms in total. The lowest BCUT2D eigenvalue weighted by atomic mass is 10.2. The maximum atomic E-state index is 13.6. The third kappa shape index (κ3) is 5.49. The Balaban J connectivity index is 0.00000312. The van der Waals surface area contributed by atoms with E-state index >= 15 is 0 Å². The van der Waals surface area contributed by atoms with Crippen LogP contribution in [-0.2, 0) is 11.0 Å². The number of carbonyl (C=O) groups is 1. The van der Waals surface area contributed by atoms with Crippen LogP contribution in [0, 0.1) is 5.82 Å². The molecular weight excluding hydrogens is 370 g/mol. The van der Waals surface area contributed by atoms with Crippen molar-refractivity contribution >= 4 is 18.4 Å². The van der Waals surface area contributed by atoms with E-state index in [9.17, 15) is 22.4 Å². The third-order valence-corrected chi connectivity index (χ3v) is 2.83. The van der Waals surface area contributed by atoms with Crippen molar-refractivity contribution in [2.45, 2.75) is 19.2 Å². The number of pyridine rings is 1. The van der Waals surface area contributed by atoms with E-state index in [1.54, 1.807) is 0 Å². The van der Waals surface area contributed by atoms with Gasteiger partial charge >= 0.3 is 12.1 Å². The van der Waals surface area contributed by atoms with E-state index in [-0.39, 0.29) is 30.0 Å². The lowest BCUT2D eigenvalue weighted by Crippen LogP contribution is -2.22. The van der Waals surface area contributed by atoms with Gasteiger partial charge in [-0.15, -0.1) is 12.4 Å². The number of hydrogen-bond acceptors (Lipinski definition) is 4. The molecule has 0 saturated heterocycles. The molecule has 0 aliphatic heterocycles. The van der Waals surface area contributed by atoms with Gasteiger partial charge in [-0.3, -0.25) is 0 Å². The molecule has 25 heavy (non-hydrogen) atoms. The number of aromatic nitrogens is 1. The lowest BCUT2D eigenvalue weighted by Gasteiger charge is -2.11. The van der Waals surface area contributed by atoms with Gasteiger partial charge in [0.2, 0.25) is 0 Å². The van der Waals surface area contributed by atoms with Gasteiger partial charge in [0.1, 0.15) is 11.5 Å². The molecule has 0 bridgehead atoms. The molecule has 0 spiro atoms. The molecule has 1 aromatic carbocycles. The normalized spacial score (nSPS) is 12.0. The van der Waals surface area contributed by atoms with E-state index in [0.717, 1.165) is 0 Å². The summed E-state index contributed by atoms with van der Waals surface area (Å²) in [7, 11) is 0. The average Bonchev–Trinajstić information content (AvgIpc) is 2.50. The van der Waals surface area contributed by atoms with Crippen LogP contribution in [0.5, 0.6) is 17.4 Å². The molecule has 0 unspecified atom stereocenters. The smallest absolute Gasteiger partial charge is 0.417 e. The fourth-order valence-corrected chi connectivity index (χ4v) is 1.61. The van der Waals surface area contributed by atoms with Gasteiger partial charge in [0.05, 0.1) is 5.56 Å². The highest BCUT2D eigenvalue weighted by Gasteiger charge is 2.32. The Morgan fingerprint density at radius 2 is 1.76 bits per heavy atom. The molecule has 10 heteroatoms. The number of nitrogens with zero attached hydrogens (tertiary/aromatic N) is 1. The van der Waals surface area contributed by atoms with Crippen molar-refractivity contribution in [3.63, 3.8) is 0 Å². The van der Waals surface area contributed by atoms with Crippen LogP contribution in [0.3, 0.4) is 0 Å². The highest BCUT2D eigenvalue weighted by Crippen LogP contribution is 2.32. The van der Waals surface area contributed by atoms with Crippen LogP contribution in [-0.4, -0.2) is 22.2 Å². The lowest BCUT2D eigenvalue weighted by molar-refractivity contribution is -0.144. The van der Waals surface area contributed by atoms with Crippen LogP contribution in [0.1, 0.15) is 12.5 Å². The summed E-state index contributed by atoms with van der Waals surface area (Å²) in [6.45, 7) is 1.34. The minimum Gasteiger partial charge on any atom is -0.479 e. The summed E-state index contributed by atoms with van der Waals surface area (Å²) in [5.74, 6) is -2.69. The molecule has 1 atom stereocenters. The van der Waals surface area contributed by atoms with Gasteiger partial charge in [0.15, 0.2) is 11.9 Å². The van der Waals surface area contributed by atoms with E-state index in [0.29, 0.717) is 6.20 Å². The molecule has 136 valence electrons. The number of rotatable bonds is 5. The molecule has 2 aromatic rings. The van der Waals surface area contributed by atoms with E-state index in [4.69, 9.17) is 14.6 Å². The Morgan fingerprint density at radius 1 is 1.20 bits per heavy atom. The van der Waals surface area contributed by atoms with Crippen molar-refractivity contribution in [1.29, 1.82) is 0 Å². The molecule has 1 heterocycles. The Hall–Kier alpha value is -2.55. The van der Waals surface area contributed by atoms with Crippen molar-refractivity contribution in [2.24, 2.45) is 0 Å². The summed E-state index contributed by atoms with van der Waals surface area (Å²) < 4.78 is 61.1. The second-order valence-corrected chi connectivity index (χ2v) is 4.68. The van der Waals surface area contributed by atoms with Gasteiger partial charge in [-0.05, 0) is 37.3 Å². The number of aliphatic carboxylic acids is 1. The Kier molecular flexibility index (Phi) is 6.57. The molecule has 0 amide bonds. The van der Waals surface area contributed by atoms with Crippen molar-refractivity contribution in [1.82, 2.24) is 4.98 Å². The van der Waals surface area contributed by atoms with Crippen molar-refractivity contribution in [2.75, 3.05) is 0 Å². The summed E-state index contributed by atoms with van der Waals surface area (Å²) in [4.78, 5) is 14.0. The van der Waals surface area contributed by atoms with Crippen LogP contribution in [0.15, 0.2) is 36.5 Å². The Morgan fingerprint density at radius 3 is 2.24 bits per heavy atom. The Labute approximate surface area is 145 Å². The molecule has 0 fully saturated rings. The van der Waals surface area contributed by atoms with Crippen LogP contribution >= 0.6 is 12.4 Å². The first-order chi connectivity index (χ1) is 11.2. The molecule has 0 radical (unpaired) electrons. The molecule has 0 aliphatic rings. The SMILES string of the molecule is C[C@@H](Oc1ccc(Oc2ncc(C(F)(F)F)cc2F)cc1)C(=O)O.Cl. The second kappa shape index (κ2) is 8.02. The molecule has 1 aromatic heterocycles.